The second-order valence-corrected chi connectivity index (χ2v) is 29.6. The third kappa shape index (κ3) is 9.70. The van der Waals surface area contributed by atoms with Crippen LogP contribution >= 0.6 is 0 Å². The Labute approximate surface area is 257 Å². The molecule has 226 valence electrons. The standard InChI is InChI=1S/C24H29O3Si.3C4H9.Sn/c1-5-18-25-23-17-16-20(27-23)19-26-28(24(2,3)4,21-12-8-6-9-13-21)22-14-10-7-11-15-22;3*1-3-4-2;/h6-15,20,23H,16-19H2,2-4H3;3*1,3-4H2,2H3;/t20-,23?;;;;/m0..../s1. The van der Waals surface area contributed by atoms with Crippen LogP contribution in [0.4, 0.5) is 0 Å². The van der Waals surface area contributed by atoms with Crippen molar-refractivity contribution in [2.24, 2.45) is 0 Å². The molecular weight excluding hydrogens is 627 g/mol. The summed E-state index contributed by atoms with van der Waals surface area (Å²) in [5, 5.41) is 2.58. The van der Waals surface area contributed by atoms with E-state index in [9.17, 15) is 0 Å². The van der Waals surface area contributed by atoms with Crippen molar-refractivity contribution in [1.29, 1.82) is 0 Å². The normalized spacial score (nSPS) is 17.8. The zero-order chi connectivity index (χ0) is 29.6. The van der Waals surface area contributed by atoms with Crippen LogP contribution in [-0.4, -0.2) is 52.3 Å². The third-order valence-electron chi connectivity index (χ3n) is 8.69. The summed E-state index contributed by atoms with van der Waals surface area (Å²) in [5.41, 5.74) is 0. The molecule has 1 saturated heterocycles. The second-order valence-electron chi connectivity index (χ2n) is 12.9. The molecule has 0 aromatic heterocycles. The summed E-state index contributed by atoms with van der Waals surface area (Å²) in [6.45, 7) is 15.0. The van der Waals surface area contributed by atoms with Gasteiger partial charge in [0.25, 0.3) is 0 Å². The second kappa shape index (κ2) is 17.3. The van der Waals surface area contributed by atoms with Crippen molar-refractivity contribution < 1.29 is 13.9 Å². The van der Waals surface area contributed by atoms with Gasteiger partial charge in [-0.15, -0.1) is 0 Å². The molecule has 2 aromatic rings. The van der Waals surface area contributed by atoms with Gasteiger partial charge in [0.1, 0.15) is 0 Å². The van der Waals surface area contributed by atoms with Crippen LogP contribution < -0.4 is 10.4 Å². The molecule has 1 unspecified atom stereocenters. The molecule has 1 aliphatic heterocycles. The average molecular weight is 684 g/mol. The molecule has 0 amide bonds. The van der Waals surface area contributed by atoms with Gasteiger partial charge in [-0.05, 0) is 0 Å². The predicted octanol–water partition coefficient (Wildman–Crippen LogP) is 8.48. The summed E-state index contributed by atoms with van der Waals surface area (Å²) in [6.07, 6.45) is 9.62. The molecule has 0 aliphatic carbocycles. The SMILES string of the molecule is CCC[CH2][Sn]([C]#CCOC1CC[C@@H](CO[Si](c2ccccc2)(c2ccccc2)C(C)(C)C)O1)([CH2]CCC)[CH2]CCC. The van der Waals surface area contributed by atoms with E-state index in [1.54, 1.807) is 0 Å². The van der Waals surface area contributed by atoms with Gasteiger partial charge in [-0.1, -0.05) is 36.4 Å². The Hall–Kier alpha value is -1.10. The number of unbranched alkanes of at least 4 members (excludes halogenated alkanes) is 3. The molecule has 3 nitrogen and oxygen atoms in total. The summed E-state index contributed by atoms with van der Waals surface area (Å²) >= 11 is -2.44. The Kier molecular flexibility index (Phi) is 14.5. The molecule has 0 spiro atoms. The molecule has 1 heterocycles. The number of benzene rings is 2. The molecule has 0 bridgehead atoms. The van der Waals surface area contributed by atoms with Crippen LogP contribution in [0.3, 0.4) is 0 Å². The zero-order valence-electron chi connectivity index (χ0n) is 26.8. The number of ether oxygens (including phenoxy) is 2. The molecule has 0 N–H and O–H groups in total. The van der Waals surface area contributed by atoms with E-state index in [0.717, 1.165) is 12.8 Å². The Balaban J connectivity index is 1.65. The zero-order valence-corrected chi connectivity index (χ0v) is 30.7. The predicted molar refractivity (Wildman–Crippen MR) is 180 cm³/mol. The van der Waals surface area contributed by atoms with Crippen molar-refractivity contribution >= 4 is 37.1 Å². The van der Waals surface area contributed by atoms with Crippen molar-refractivity contribution in [3.05, 3.63) is 60.7 Å². The van der Waals surface area contributed by atoms with Gasteiger partial charge >= 0.3 is 222 Å². The minimum atomic E-state index is -2.56. The molecule has 3 rings (SSSR count). The molecule has 1 aliphatic rings. The third-order valence-corrected chi connectivity index (χ3v) is 26.9. The van der Waals surface area contributed by atoms with Gasteiger partial charge in [0.05, 0.1) is 0 Å². The quantitative estimate of drug-likeness (QED) is 0.131. The van der Waals surface area contributed by atoms with E-state index >= 15 is 0 Å². The first-order valence-corrected chi connectivity index (χ1v) is 25.7. The van der Waals surface area contributed by atoms with E-state index in [1.807, 2.05) is 0 Å². The molecule has 2 aromatic carbocycles. The fourth-order valence-electron chi connectivity index (χ4n) is 6.36. The Morgan fingerprint density at radius 3 is 1.78 bits per heavy atom. The minimum absolute atomic E-state index is 0.0362. The summed E-state index contributed by atoms with van der Waals surface area (Å²) in [7, 11) is -2.56. The topological polar surface area (TPSA) is 27.7 Å². The van der Waals surface area contributed by atoms with E-state index in [2.05, 4.69) is 112 Å². The van der Waals surface area contributed by atoms with Crippen LogP contribution in [0.15, 0.2) is 60.7 Å². The molecule has 0 saturated carbocycles. The van der Waals surface area contributed by atoms with Crippen molar-refractivity contribution in [3.63, 3.8) is 0 Å². The van der Waals surface area contributed by atoms with E-state index in [1.165, 1.54) is 62.2 Å². The van der Waals surface area contributed by atoms with E-state index in [4.69, 9.17) is 13.9 Å². The van der Waals surface area contributed by atoms with E-state index < -0.39 is 26.7 Å². The van der Waals surface area contributed by atoms with Gasteiger partial charge in [-0.25, -0.2) is 0 Å². The van der Waals surface area contributed by atoms with Crippen LogP contribution in [0.25, 0.3) is 0 Å². The van der Waals surface area contributed by atoms with Gasteiger partial charge in [0.2, 0.25) is 0 Å². The molecule has 1 fully saturated rings. The molecule has 0 radical (unpaired) electrons. The summed E-state index contributed by atoms with van der Waals surface area (Å²) in [6, 6.07) is 21.7. The average Bonchev–Trinajstić information content (AvgIpc) is 3.44. The molecule has 41 heavy (non-hydrogen) atoms. The van der Waals surface area contributed by atoms with Crippen molar-refractivity contribution in [1.82, 2.24) is 0 Å². The number of hydrogen-bond donors (Lipinski definition) is 0. The molecule has 5 heteroatoms. The Bertz CT molecular complexity index is 996. The first kappa shape index (κ1) is 34.4. The maximum absolute atomic E-state index is 7.12. The molecule has 2 atom stereocenters. The van der Waals surface area contributed by atoms with E-state index in [0.29, 0.717) is 13.2 Å². The first-order valence-electron chi connectivity index (χ1n) is 16.3. The van der Waals surface area contributed by atoms with Crippen molar-refractivity contribution in [2.75, 3.05) is 13.2 Å². The van der Waals surface area contributed by atoms with Crippen molar-refractivity contribution in [2.45, 2.75) is 124 Å². The van der Waals surface area contributed by atoms with Crippen LogP contribution in [-0.2, 0) is 13.9 Å². The Morgan fingerprint density at radius 1 is 0.805 bits per heavy atom. The maximum atomic E-state index is 7.12. The van der Waals surface area contributed by atoms with Gasteiger partial charge in [0, 0.05) is 0 Å². The fraction of sp³-hybridized carbons (Fsp3) is 0.611. The van der Waals surface area contributed by atoms with Gasteiger partial charge in [-0.3, -0.25) is 0 Å². The van der Waals surface area contributed by atoms with Gasteiger partial charge < -0.3 is 0 Å². The van der Waals surface area contributed by atoms with Crippen LogP contribution in [0.1, 0.15) is 92.9 Å². The fourth-order valence-corrected chi connectivity index (χ4v) is 24.3. The van der Waals surface area contributed by atoms with Crippen LogP contribution in [0.2, 0.25) is 18.3 Å². The first-order chi connectivity index (χ1) is 19.8. The Morgan fingerprint density at radius 2 is 1.32 bits per heavy atom. The number of rotatable bonds is 16. The summed E-state index contributed by atoms with van der Waals surface area (Å²) in [4.78, 5) is 0. The van der Waals surface area contributed by atoms with Crippen LogP contribution in [0.5, 0.6) is 0 Å². The summed E-state index contributed by atoms with van der Waals surface area (Å²) in [5.74, 6) is 3.53. The van der Waals surface area contributed by atoms with Crippen LogP contribution in [0, 0.1) is 9.86 Å². The van der Waals surface area contributed by atoms with Crippen molar-refractivity contribution in [3.8, 4) is 9.86 Å². The van der Waals surface area contributed by atoms with E-state index in [-0.39, 0.29) is 17.4 Å². The number of hydrogen-bond acceptors (Lipinski definition) is 3. The molecular formula is C36H56O3SiSn. The summed E-state index contributed by atoms with van der Waals surface area (Å²) < 4.78 is 27.9. The monoisotopic (exact) mass is 684 g/mol. The van der Waals surface area contributed by atoms with Gasteiger partial charge in [-0.2, -0.15) is 0 Å². The van der Waals surface area contributed by atoms with Gasteiger partial charge in [0.15, 0.2) is 0 Å².